The van der Waals surface area contributed by atoms with Crippen LogP contribution in [0.25, 0.3) is 0 Å². The van der Waals surface area contributed by atoms with Gasteiger partial charge in [0.1, 0.15) is 0 Å². The Morgan fingerprint density at radius 3 is 2.46 bits per heavy atom. The Labute approximate surface area is 151 Å². The maximum Gasteiger partial charge on any atom is 0.243 e. The molecule has 0 aliphatic rings. The molecule has 24 heavy (non-hydrogen) atoms. The van der Waals surface area contributed by atoms with Gasteiger partial charge in [-0.05, 0) is 36.6 Å². The second kappa shape index (κ2) is 8.64. The van der Waals surface area contributed by atoms with Gasteiger partial charge in [0.15, 0.2) is 0 Å². The Hall–Kier alpha value is -2.14. The van der Waals surface area contributed by atoms with E-state index >= 15 is 0 Å². The minimum absolute atomic E-state index is 0.0493. The highest BCUT2D eigenvalue weighted by Crippen LogP contribution is 2.20. The first-order valence-corrected chi connectivity index (χ1v) is 8.60. The summed E-state index contributed by atoms with van der Waals surface area (Å²) in [5, 5.41) is 2.83. The zero-order chi connectivity index (χ0) is 17.5. The number of aryl methyl sites for hydroxylation is 1. The molecule has 0 bridgehead atoms. The first-order valence-electron chi connectivity index (χ1n) is 7.81. The zero-order valence-corrected chi connectivity index (χ0v) is 15.5. The van der Waals surface area contributed by atoms with Gasteiger partial charge in [0.2, 0.25) is 11.8 Å². The summed E-state index contributed by atoms with van der Waals surface area (Å²) in [4.78, 5) is 25.6. The molecule has 0 heterocycles. The summed E-state index contributed by atoms with van der Waals surface area (Å²) in [7, 11) is 0. The first-order chi connectivity index (χ1) is 11.5. The molecule has 5 heteroatoms. The number of hydrogen-bond donors (Lipinski definition) is 1. The van der Waals surface area contributed by atoms with Crippen LogP contribution in [0.4, 0.5) is 5.69 Å². The van der Waals surface area contributed by atoms with Crippen molar-refractivity contribution in [1.82, 2.24) is 4.90 Å². The molecule has 0 aliphatic carbocycles. The fourth-order valence-corrected chi connectivity index (χ4v) is 2.68. The molecule has 126 valence electrons. The predicted octanol–water partition coefficient (Wildman–Crippen LogP) is 3.79. The molecule has 0 saturated heterocycles. The Kier molecular flexibility index (Phi) is 6.55. The SMILES string of the molecule is CC(=O)N(CCc1ccccc1)CC(=O)Nc1ccc(C)c(Br)c1. The highest BCUT2D eigenvalue weighted by molar-refractivity contribution is 9.10. The lowest BCUT2D eigenvalue weighted by atomic mass is 10.1. The van der Waals surface area contributed by atoms with Crippen molar-refractivity contribution in [2.75, 3.05) is 18.4 Å². The van der Waals surface area contributed by atoms with E-state index in [1.165, 1.54) is 6.92 Å². The summed E-state index contributed by atoms with van der Waals surface area (Å²) < 4.78 is 0.938. The number of nitrogens with zero attached hydrogens (tertiary/aromatic N) is 1. The summed E-state index contributed by atoms with van der Waals surface area (Å²) in [6.07, 6.45) is 0.726. The lowest BCUT2D eigenvalue weighted by Gasteiger charge is -2.20. The van der Waals surface area contributed by atoms with E-state index in [-0.39, 0.29) is 18.4 Å². The van der Waals surface area contributed by atoms with Crippen molar-refractivity contribution >= 4 is 33.4 Å². The van der Waals surface area contributed by atoms with Crippen LogP contribution in [0.3, 0.4) is 0 Å². The Morgan fingerprint density at radius 1 is 1.12 bits per heavy atom. The van der Waals surface area contributed by atoms with E-state index in [0.29, 0.717) is 12.2 Å². The number of halogens is 1. The highest BCUT2D eigenvalue weighted by Gasteiger charge is 2.14. The van der Waals surface area contributed by atoms with Crippen molar-refractivity contribution in [3.63, 3.8) is 0 Å². The third kappa shape index (κ3) is 5.49. The average molecular weight is 389 g/mol. The molecule has 0 atom stereocenters. The van der Waals surface area contributed by atoms with Gasteiger partial charge in [0.05, 0.1) is 6.54 Å². The van der Waals surface area contributed by atoms with Gasteiger partial charge in [0.25, 0.3) is 0 Å². The number of benzene rings is 2. The van der Waals surface area contributed by atoms with Crippen molar-refractivity contribution in [2.24, 2.45) is 0 Å². The molecule has 2 aromatic carbocycles. The fourth-order valence-electron chi connectivity index (χ4n) is 2.30. The highest BCUT2D eigenvalue weighted by atomic mass is 79.9. The third-order valence-corrected chi connectivity index (χ3v) is 4.60. The van der Waals surface area contributed by atoms with E-state index in [9.17, 15) is 9.59 Å². The van der Waals surface area contributed by atoms with Crippen LogP contribution in [-0.2, 0) is 16.0 Å². The monoisotopic (exact) mass is 388 g/mol. The molecule has 0 unspecified atom stereocenters. The van der Waals surface area contributed by atoms with Gasteiger partial charge in [0, 0.05) is 23.6 Å². The Morgan fingerprint density at radius 2 is 1.83 bits per heavy atom. The Balaban J connectivity index is 1.92. The summed E-state index contributed by atoms with van der Waals surface area (Å²) in [5.74, 6) is -0.305. The van der Waals surface area contributed by atoms with Crippen LogP contribution in [0.2, 0.25) is 0 Å². The van der Waals surface area contributed by atoms with Gasteiger partial charge >= 0.3 is 0 Å². The number of rotatable bonds is 6. The summed E-state index contributed by atoms with van der Waals surface area (Å²) in [6, 6.07) is 15.6. The van der Waals surface area contributed by atoms with Crippen LogP contribution in [0.1, 0.15) is 18.1 Å². The molecule has 0 fully saturated rings. The van der Waals surface area contributed by atoms with Gasteiger partial charge in [-0.1, -0.05) is 52.3 Å². The van der Waals surface area contributed by atoms with Gasteiger partial charge < -0.3 is 10.2 Å². The van der Waals surface area contributed by atoms with Crippen LogP contribution in [0.5, 0.6) is 0 Å². The average Bonchev–Trinajstić information content (AvgIpc) is 2.55. The molecule has 0 saturated carbocycles. The van der Waals surface area contributed by atoms with E-state index in [1.54, 1.807) is 4.90 Å². The molecule has 0 aliphatic heterocycles. The number of anilines is 1. The zero-order valence-electron chi connectivity index (χ0n) is 13.9. The number of hydrogen-bond acceptors (Lipinski definition) is 2. The minimum atomic E-state index is -0.200. The largest absolute Gasteiger partial charge is 0.333 e. The van der Waals surface area contributed by atoms with E-state index in [1.807, 2.05) is 55.5 Å². The van der Waals surface area contributed by atoms with Gasteiger partial charge in [-0.3, -0.25) is 9.59 Å². The standard InChI is InChI=1S/C19H21BrN2O2/c1-14-8-9-17(12-18(14)20)21-19(24)13-22(15(2)23)11-10-16-6-4-3-5-7-16/h3-9,12H,10-11,13H2,1-2H3,(H,21,24). The van der Waals surface area contributed by atoms with Crippen molar-refractivity contribution < 1.29 is 9.59 Å². The minimum Gasteiger partial charge on any atom is -0.333 e. The second-order valence-corrected chi connectivity index (χ2v) is 6.54. The van der Waals surface area contributed by atoms with Crippen molar-refractivity contribution in [3.8, 4) is 0 Å². The normalized spacial score (nSPS) is 10.3. The van der Waals surface area contributed by atoms with Crippen LogP contribution in [0, 0.1) is 6.92 Å². The number of nitrogens with one attached hydrogen (secondary N) is 1. The molecule has 0 spiro atoms. The molecule has 0 radical (unpaired) electrons. The van der Waals surface area contributed by atoms with Gasteiger partial charge in [-0.25, -0.2) is 0 Å². The summed E-state index contributed by atoms with van der Waals surface area (Å²) >= 11 is 3.44. The molecule has 2 rings (SSSR count). The topological polar surface area (TPSA) is 49.4 Å². The second-order valence-electron chi connectivity index (χ2n) is 5.69. The third-order valence-electron chi connectivity index (χ3n) is 3.75. The van der Waals surface area contributed by atoms with E-state index in [4.69, 9.17) is 0 Å². The molecule has 2 amide bonds. The number of carbonyl (C=O) groups is 2. The van der Waals surface area contributed by atoms with Crippen molar-refractivity contribution in [3.05, 3.63) is 64.1 Å². The van der Waals surface area contributed by atoms with Gasteiger partial charge in [-0.15, -0.1) is 0 Å². The molecule has 4 nitrogen and oxygen atoms in total. The van der Waals surface area contributed by atoms with E-state index in [0.717, 1.165) is 22.0 Å². The maximum atomic E-state index is 12.2. The quantitative estimate of drug-likeness (QED) is 0.818. The van der Waals surface area contributed by atoms with Crippen LogP contribution >= 0.6 is 15.9 Å². The Bertz CT molecular complexity index is 717. The van der Waals surface area contributed by atoms with Crippen LogP contribution in [-0.4, -0.2) is 29.8 Å². The van der Waals surface area contributed by atoms with Crippen molar-refractivity contribution in [1.29, 1.82) is 0 Å². The lowest BCUT2D eigenvalue weighted by Crippen LogP contribution is -2.38. The molecular weight excluding hydrogens is 368 g/mol. The lowest BCUT2D eigenvalue weighted by molar-refractivity contribution is -0.132. The number of carbonyl (C=O) groups excluding carboxylic acids is 2. The van der Waals surface area contributed by atoms with E-state index < -0.39 is 0 Å². The summed E-state index contributed by atoms with van der Waals surface area (Å²) in [5.41, 5.74) is 2.96. The fraction of sp³-hybridized carbons (Fsp3) is 0.263. The van der Waals surface area contributed by atoms with E-state index in [2.05, 4.69) is 21.2 Å². The molecular formula is C19H21BrN2O2. The van der Waals surface area contributed by atoms with Crippen molar-refractivity contribution in [2.45, 2.75) is 20.3 Å². The maximum absolute atomic E-state index is 12.2. The predicted molar refractivity (Wildman–Crippen MR) is 99.9 cm³/mol. The number of amides is 2. The molecule has 2 aromatic rings. The van der Waals surface area contributed by atoms with Crippen LogP contribution in [0.15, 0.2) is 53.0 Å². The summed E-state index contributed by atoms with van der Waals surface area (Å²) in [6.45, 7) is 4.04. The molecule has 0 aromatic heterocycles. The molecule has 1 N–H and O–H groups in total. The van der Waals surface area contributed by atoms with Crippen LogP contribution < -0.4 is 5.32 Å². The van der Waals surface area contributed by atoms with Gasteiger partial charge in [-0.2, -0.15) is 0 Å². The first kappa shape index (κ1) is 18.2. The smallest absolute Gasteiger partial charge is 0.243 e.